The Hall–Kier alpha value is -1.50. The van der Waals surface area contributed by atoms with E-state index in [-0.39, 0.29) is 0 Å². The number of ether oxygens (including phenoxy) is 2. The molecule has 0 aliphatic heterocycles. The van der Waals surface area contributed by atoms with E-state index >= 15 is 0 Å². The minimum Gasteiger partial charge on any atom is -0.496 e. The van der Waals surface area contributed by atoms with Gasteiger partial charge in [0.2, 0.25) is 0 Å². The van der Waals surface area contributed by atoms with Crippen molar-refractivity contribution in [1.82, 2.24) is 0 Å². The van der Waals surface area contributed by atoms with Crippen LogP contribution >= 0.6 is 0 Å². The number of hydrogen-bond acceptors (Lipinski definition) is 3. The molecule has 0 fully saturated rings. The summed E-state index contributed by atoms with van der Waals surface area (Å²) in [6, 6.07) is 5.85. The summed E-state index contributed by atoms with van der Waals surface area (Å²) in [6.45, 7) is 8.27. The zero-order valence-corrected chi connectivity index (χ0v) is 13.0. The third-order valence-corrected chi connectivity index (χ3v) is 2.87. The molecule has 1 rings (SSSR count). The molecular formula is C17H25NO2. The molecule has 0 heterocycles. The minimum absolute atomic E-state index is 0.290. The summed E-state index contributed by atoms with van der Waals surface area (Å²) in [5, 5.41) is 0. The summed E-state index contributed by atoms with van der Waals surface area (Å²) < 4.78 is 11.1. The third kappa shape index (κ3) is 6.10. The molecule has 0 saturated carbocycles. The highest BCUT2D eigenvalue weighted by atomic mass is 16.5. The largest absolute Gasteiger partial charge is 0.496 e. The molecule has 0 aliphatic carbocycles. The Morgan fingerprint density at radius 1 is 1.25 bits per heavy atom. The fourth-order valence-corrected chi connectivity index (χ4v) is 1.68. The summed E-state index contributed by atoms with van der Waals surface area (Å²) in [7, 11) is 1.67. The van der Waals surface area contributed by atoms with Gasteiger partial charge in [-0.05, 0) is 30.0 Å². The van der Waals surface area contributed by atoms with Crippen LogP contribution in [0.1, 0.15) is 38.3 Å². The van der Waals surface area contributed by atoms with Crippen molar-refractivity contribution in [3.63, 3.8) is 0 Å². The van der Waals surface area contributed by atoms with E-state index in [1.165, 1.54) is 0 Å². The topological polar surface area (TPSA) is 44.5 Å². The Labute approximate surface area is 122 Å². The average Bonchev–Trinajstić information content (AvgIpc) is 2.40. The van der Waals surface area contributed by atoms with Gasteiger partial charge < -0.3 is 15.2 Å². The predicted molar refractivity (Wildman–Crippen MR) is 82.7 cm³/mol. The van der Waals surface area contributed by atoms with Crippen LogP contribution in [0.2, 0.25) is 0 Å². The van der Waals surface area contributed by atoms with Crippen LogP contribution in [0.4, 0.5) is 0 Å². The van der Waals surface area contributed by atoms with Crippen molar-refractivity contribution in [2.45, 2.75) is 33.8 Å². The molecule has 0 spiro atoms. The van der Waals surface area contributed by atoms with Crippen LogP contribution in [-0.2, 0) is 11.3 Å². The van der Waals surface area contributed by atoms with Gasteiger partial charge in [-0.1, -0.05) is 32.6 Å². The Balaban J connectivity index is 2.66. The Bertz CT molecular complexity index is 478. The normalized spacial score (nSPS) is 10.8. The maximum absolute atomic E-state index is 5.74. The predicted octanol–water partition coefficient (Wildman–Crippen LogP) is 2.96. The smallest absolute Gasteiger partial charge is 0.124 e. The lowest BCUT2D eigenvalue weighted by Gasteiger charge is -2.18. The standard InChI is InChI=1S/C17H25NO2/c1-17(2,3)9-11-20-13-15-12-14(6-5-10-18)7-8-16(15)19-4/h7-8,12H,9-11,13,18H2,1-4H3. The second kappa shape index (κ2) is 7.94. The van der Waals surface area contributed by atoms with Crippen LogP contribution < -0.4 is 10.5 Å². The van der Waals surface area contributed by atoms with Gasteiger partial charge in [0.15, 0.2) is 0 Å². The molecule has 0 radical (unpaired) electrons. The maximum atomic E-state index is 5.74. The molecule has 1 aromatic rings. The van der Waals surface area contributed by atoms with Crippen LogP contribution in [0, 0.1) is 17.3 Å². The first-order valence-corrected chi connectivity index (χ1v) is 6.90. The molecule has 0 aromatic heterocycles. The molecule has 0 aliphatic rings. The number of rotatable bonds is 5. The molecule has 3 nitrogen and oxygen atoms in total. The fraction of sp³-hybridized carbons (Fsp3) is 0.529. The summed E-state index contributed by atoms with van der Waals surface area (Å²) >= 11 is 0. The summed E-state index contributed by atoms with van der Waals surface area (Å²) in [5.74, 6) is 6.71. The van der Waals surface area contributed by atoms with Crippen molar-refractivity contribution in [2.24, 2.45) is 11.1 Å². The number of nitrogens with two attached hydrogens (primary N) is 1. The third-order valence-electron chi connectivity index (χ3n) is 2.87. The number of methoxy groups -OCH3 is 1. The second-order valence-electron chi connectivity index (χ2n) is 5.90. The first kappa shape index (κ1) is 16.6. The average molecular weight is 275 g/mol. The van der Waals surface area contributed by atoms with E-state index in [1.807, 2.05) is 18.2 Å². The van der Waals surface area contributed by atoms with E-state index in [0.717, 1.165) is 29.9 Å². The van der Waals surface area contributed by atoms with Gasteiger partial charge in [-0.3, -0.25) is 0 Å². The molecule has 2 N–H and O–H groups in total. The van der Waals surface area contributed by atoms with Gasteiger partial charge in [0.1, 0.15) is 5.75 Å². The van der Waals surface area contributed by atoms with Crippen molar-refractivity contribution in [2.75, 3.05) is 20.3 Å². The van der Waals surface area contributed by atoms with Crippen molar-refractivity contribution in [3.05, 3.63) is 29.3 Å². The fourth-order valence-electron chi connectivity index (χ4n) is 1.68. The van der Waals surface area contributed by atoms with E-state index in [0.29, 0.717) is 18.6 Å². The van der Waals surface area contributed by atoms with Gasteiger partial charge >= 0.3 is 0 Å². The second-order valence-corrected chi connectivity index (χ2v) is 5.90. The lowest BCUT2D eigenvalue weighted by molar-refractivity contribution is 0.0948. The zero-order valence-electron chi connectivity index (χ0n) is 13.0. The highest BCUT2D eigenvalue weighted by molar-refractivity contribution is 5.44. The first-order valence-electron chi connectivity index (χ1n) is 6.90. The molecule has 0 saturated heterocycles. The van der Waals surface area contributed by atoms with E-state index < -0.39 is 0 Å². The van der Waals surface area contributed by atoms with Gasteiger partial charge in [-0.2, -0.15) is 0 Å². The lowest BCUT2D eigenvalue weighted by atomic mass is 9.93. The highest BCUT2D eigenvalue weighted by Gasteiger charge is 2.10. The van der Waals surface area contributed by atoms with Crippen LogP contribution in [0.15, 0.2) is 18.2 Å². The zero-order chi connectivity index (χ0) is 15.0. The quantitative estimate of drug-likeness (QED) is 0.663. The Morgan fingerprint density at radius 3 is 2.60 bits per heavy atom. The highest BCUT2D eigenvalue weighted by Crippen LogP contribution is 2.22. The molecule has 0 atom stereocenters. The van der Waals surface area contributed by atoms with Crippen LogP contribution in [0.5, 0.6) is 5.75 Å². The summed E-state index contributed by atoms with van der Waals surface area (Å²) in [6.07, 6.45) is 1.03. The molecule has 20 heavy (non-hydrogen) atoms. The van der Waals surface area contributed by atoms with Gasteiger partial charge in [0.05, 0.1) is 20.3 Å². The molecule has 3 heteroatoms. The number of benzene rings is 1. The molecule has 0 unspecified atom stereocenters. The molecule has 1 aromatic carbocycles. The monoisotopic (exact) mass is 275 g/mol. The molecule has 110 valence electrons. The van der Waals surface area contributed by atoms with Gasteiger partial charge in [0.25, 0.3) is 0 Å². The van der Waals surface area contributed by atoms with Crippen LogP contribution in [0.3, 0.4) is 0 Å². The van der Waals surface area contributed by atoms with E-state index in [2.05, 4.69) is 32.6 Å². The van der Waals surface area contributed by atoms with E-state index in [9.17, 15) is 0 Å². The minimum atomic E-state index is 0.290. The van der Waals surface area contributed by atoms with Crippen molar-refractivity contribution < 1.29 is 9.47 Å². The van der Waals surface area contributed by atoms with Gasteiger partial charge in [0, 0.05) is 17.7 Å². The molecule has 0 bridgehead atoms. The maximum Gasteiger partial charge on any atom is 0.124 e. The SMILES string of the molecule is COc1ccc(C#CCN)cc1COCCC(C)(C)C. The summed E-state index contributed by atoms with van der Waals surface area (Å²) in [5.41, 5.74) is 7.63. The van der Waals surface area contributed by atoms with Gasteiger partial charge in [-0.15, -0.1) is 0 Å². The molecular weight excluding hydrogens is 250 g/mol. The van der Waals surface area contributed by atoms with E-state index in [1.54, 1.807) is 7.11 Å². The van der Waals surface area contributed by atoms with Crippen molar-refractivity contribution >= 4 is 0 Å². The number of hydrogen-bond donors (Lipinski definition) is 1. The lowest BCUT2D eigenvalue weighted by Crippen LogP contribution is -2.09. The Kier molecular flexibility index (Phi) is 6.57. The molecule has 0 amide bonds. The van der Waals surface area contributed by atoms with Crippen molar-refractivity contribution in [3.8, 4) is 17.6 Å². The summed E-state index contributed by atoms with van der Waals surface area (Å²) in [4.78, 5) is 0. The first-order chi connectivity index (χ1) is 9.46. The van der Waals surface area contributed by atoms with Crippen LogP contribution in [-0.4, -0.2) is 20.3 Å². The van der Waals surface area contributed by atoms with E-state index in [4.69, 9.17) is 15.2 Å². The van der Waals surface area contributed by atoms with Crippen molar-refractivity contribution in [1.29, 1.82) is 0 Å². The van der Waals surface area contributed by atoms with Crippen LogP contribution in [0.25, 0.3) is 0 Å². The van der Waals surface area contributed by atoms with Gasteiger partial charge in [-0.25, -0.2) is 0 Å². The Morgan fingerprint density at radius 2 is 2.00 bits per heavy atom.